The van der Waals surface area contributed by atoms with Crippen LogP contribution in [-0.4, -0.2) is 41.6 Å². The van der Waals surface area contributed by atoms with Crippen LogP contribution >= 0.6 is 0 Å². The second kappa shape index (κ2) is 5.14. The lowest BCUT2D eigenvalue weighted by Gasteiger charge is -2.34. The summed E-state index contributed by atoms with van der Waals surface area (Å²) in [6.45, 7) is 1.08. The zero-order chi connectivity index (χ0) is 16.2. The fraction of sp³-hybridized carbons (Fsp3) is 0.438. The molecule has 4 rings (SSSR count). The van der Waals surface area contributed by atoms with Gasteiger partial charge in [0, 0.05) is 18.7 Å². The number of sulfonamides is 1. The van der Waals surface area contributed by atoms with Gasteiger partial charge in [-0.2, -0.15) is 0 Å². The van der Waals surface area contributed by atoms with Gasteiger partial charge in [0.25, 0.3) is 0 Å². The molecule has 3 heterocycles. The molecule has 1 fully saturated rings. The standard InChI is InChI=1S/C16H18FN3O2S/c1-23(21,22)19-6-4-11(5-7-19)16-13-3-2-12(17)8-14(13)15-9-18-10-20(15)16/h2-3,8-11,16H,4-7H2,1H3. The number of nitrogens with zero attached hydrogens (tertiary/aromatic N) is 3. The first-order chi connectivity index (χ1) is 10.9. The van der Waals surface area contributed by atoms with E-state index in [1.54, 1.807) is 22.9 Å². The quantitative estimate of drug-likeness (QED) is 0.846. The monoisotopic (exact) mass is 335 g/mol. The molecule has 2 aromatic rings. The minimum absolute atomic E-state index is 0.116. The predicted molar refractivity (Wildman–Crippen MR) is 84.9 cm³/mol. The molecule has 0 spiro atoms. The maximum Gasteiger partial charge on any atom is 0.211 e. The Morgan fingerprint density at radius 3 is 2.70 bits per heavy atom. The van der Waals surface area contributed by atoms with Gasteiger partial charge < -0.3 is 4.57 Å². The van der Waals surface area contributed by atoms with Crippen LogP contribution in [0.15, 0.2) is 30.7 Å². The van der Waals surface area contributed by atoms with E-state index in [0.29, 0.717) is 19.0 Å². The number of hydrogen-bond donors (Lipinski definition) is 0. The Bertz CT molecular complexity index is 854. The van der Waals surface area contributed by atoms with Crippen molar-refractivity contribution in [3.05, 3.63) is 42.1 Å². The van der Waals surface area contributed by atoms with E-state index in [1.807, 2.05) is 6.07 Å². The molecule has 0 bridgehead atoms. The van der Waals surface area contributed by atoms with Crippen molar-refractivity contribution in [1.29, 1.82) is 0 Å². The van der Waals surface area contributed by atoms with Crippen molar-refractivity contribution < 1.29 is 12.8 Å². The van der Waals surface area contributed by atoms with Crippen molar-refractivity contribution in [2.75, 3.05) is 19.3 Å². The van der Waals surface area contributed by atoms with E-state index in [4.69, 9.17) is 0 Å². The second-order valence-corrected chi connectivity index (χ2v) is 8.34. The summed E-state index contributed by atoms with van der Waals surface area (Å²) in [5.74, 6) is 0.0803. The van der Waals surface area contributed by atoms with Gasteiger partial charge in [-0.1, -0.05) is 6.07 Å². The van der Waals surface area contributed by atoms with Crippen LogP contribution in [0.1, 0.15) is 24.4 Å². The zero-order valence-corrected chi connectivity index (χ0v) is 13.6. The summed E-state index contributed by atoms with van der Waals surface area (Å²) in [5, 5.41) is 0. The molecule has 1 aromatic carbocycles. The average molecular weight is 335 g/mol. The van der Waals surface area contributed by atoms with Crippen LogP contribution in [0.3, 0.4) is 0 Å². The number of fused-ring (bicyclic) bond motifs is 3. The summed E-state index contributed by atoms with van der Waals surface area (Å²) in [4.78, 5) is 4.21. The summed E-state index contributed by atoms with van der Waals surface area (Å²) in [7, 11) is -3.12. The summed E-state index contributed by atoms with van der Waals surface area (Å²) < 4.78 is 40.6. The first-order valence-electron chi connectivity index (χ1n) is 7.72. The SMILES string of the molecule is CS(=O)(=O)N1CCC(C2c3ccc(F)cc3-c3cncn32)CC1. The molecule has 0 amide bonds. The van der Waals surface area contributed by atoms with Crippen LogP contribution in [0, 0.1) is 11.7 Å². The summed E-state index contributed by atoms with van der Waals surface area (Å²) in [6, 6.07) is 5.03. The van der Waals surface area contributed by atoms with Crippen molar-refractivity contribution in [2.24, 2.45) is 5.92 Å². The molecule has 5 nitrogen and oxygen atoms in total. The molecule has 2 aliphatic rings. The van der Waals surface area contributed by atoms with E-state index in [2.05, 4.69) is 9.55 Å². The molecule has 1 atom stereocenters. The molecular formula is C16H18FN3O2S. The van der Waals surface area contributed by atoms with Crippen molar-refractivity contribution in [2.45, 2.75) is 18.9 Å². The molecular weight excluding hydrogens is 317 g/mol. The highest BCUT2D eigenvalue weighted by atomic mass is 32.2. The van der Waals surface area contributed by atoms with Crippen LogP contribution < -0.4 is 0 Å². The fourth-order valence-corrected chi connectivity index (χ4v) is 4.77. The van der Waals surface area contributed by atoms with Crippen LogP contribution in [0.5, 0.6) is 0 Å². The van der Waals surface area contributed by atoms with Crippen LogP contribution in [0.2, 0.25) is 0 Å². The van der Waals surface area contributed by atoms with Crippen LogP contribution in [0.25, 0.3) is 11.3 Å². The molecule has 0 radical (unpaired) electrons. The topological polar surface area (TPSA) is 55.2 Å². The fourth-order valence-electron chi connectivity index (χ4n) is 3.90. The van der Waals surface area contributed by atoms with Gasteiger partial charge in [-0.15, -0.1) is 0 Å². The molecule has 0 aliphatic carbocycles. The third-order valence-electron chi connectivity index (χ3n) is 4.99. The second-order valence-electron chi connectivity index (χ2n) is 6.36. The third kappa shape index (κ3) is 2.38. The van der Waals surface area contributed by atoms with Crippen molar-refractivity contribution in [3.63, 3.8) is 0 Å². The maximum atomic E-state index is 13.6. The average Bonchev–Trinajstić information content (AvgIpc) is 3.07. The molecule has 1 unspecified atom stereocenters. The largest absolute Gasteiger partial charge is 0.323 e. The summed E-state index contributed by atoms with van der Waals surface area (Å²) in [5.41, 5.74) is 2.95. The van der Waals surface area contributed by atoms with Crippen molar-refractivity contribution in [3.8, 4) is 11.3 Å². The van der Waals surface area contributed by atoms with Crippen molar-refractivity contribution in [1.82, 2.24) is 13.9 Å². The third-order valence-corrected chi connectivity index (χ3v) is 6.29. The van der Waals surface area contributed by atoms with Gasteiger partial charge in [0.05, 0.1) is 30.5 Å². The number of rotatable bonds is 2. The number of imidazole rings is 1. The number of benzene rings is 1. The molecule has 0 saturated carbocycles. The zero-order valence-electron chi connectivity index (χ0n) is 12.8. The van der Waals surface area contributed by atoms with E-state index >= 15 is 0 Å². The minimum atomic E-state index is -3.12. The summed E-state index contributed by atoms with van der Waals surface area (Å²) in [6.07, 6.45) is 6.41. The molecule has 0 N–H and O–H groups in total. The first kappa shape index (κ1) is 14.8. The molecule has 7 heteroatoms. The lowest BCUT2D eigenvalue weighted by atomic mass is 9.86. The predicted octanol–water partition coefficient (Wildman–Crippen LogP) is 2.26. The molecule has 23 heavy (non-hydrogen) atoms. The van der Waals surface area contributed by atoms with E-state index in [0.717, 1.165) is 29.7 Å². The highest BCUT2D eigenvalue weighted by Gasteiger charge is 2.37. The van der Waals surface area contributed by atoms with E-state index in [-0.39, 0.29) is 11.9 Å². The Morgan fingerprint density at radius 1 is 1.26 bits per heavy atom. The first-order valence-corrected chi connectivity index (χ1v) is 9.57. The number of aromatic nitrogens is 2. The number of hydrogen-bond acceptors (Lipinski definition) is 3. The van der Waals surface area contributed by atoms with Gasteiger partial charge in [0.2, 0.25) is 10.0 Å². The Hall–Kier alpha value is -1.73. The molecule has 2 aliphatic heterocycles. The highest BCUT2D eigenvalue weighted by Crippen LogP contribution is 2.45. The highest BCUT2D eigenvalue weighted by molar-refractivity contribution is 7.88. The Morgan fingerprint density at radius 2 is 2.00 bits per heavy atom. The number of piperidine rings is 1. The van der Waals surface area contributed by atoms with Gasteiger partial charge in [-0.3, -0.25) is 0 Å². The Labute approximate surface area is 134 Å². The van der Waals surface area contributed by atoms with Gasteiger partial charge >= 0.3 is 0 Å². The number of halogens is 1. The summed E-state index contributed by atoms with van der Waals surface area (Å²) >= 11 is 0. The van der Waals surface area contributed by atoms with Crippen LogP contribution in [0.4, 0.5) is 4.39 Å². The van der Waals surface area contributed by atoms with E-state index in [9.17, 15) is 12.8 Å². The molecule has 1 aromatic heterocycles. The lowest BCUT2D eigenvalue weighted by molar-refractivity contribution is 0.233. The van der Waals surface area contributed by atoms with Crippen LogP contribution in [-0.2, 0) is 10.0 Å². The Balaban J connectivity index is 1.66. The van der Waals surface area contributed by atoms with Gasteiger partial charge in [-0.05, 0) is 36.5 Å². The maximum absolute atomic E-state index is 13.6. The Kier molecular flexibility index (Phi) is 3.32. The van der Waals surface area contributed by atoms with E-state index < -0.39 is 10.0 Å². The molecule has 122 valence electrons. The van der Waals surface area contributed by atoms with Gasteiger partial charge in [-0.25, -0.2) is 22.1 Å². The molecule has 1 saturated heterocycles. The van der Waals surface area contributed by atoms with Crippen molar-refractivity contribution >= 4 is 10.0 Å². The smallest absolute Gasteiger partial charge is 0.211 e. The minimum Gasteiger partial charge on any atom is -0.323 e. The normalized spacial score (nSPS) is 22.1. The lowest BCUT2D eigenvalue weighted by Crippen LogP contribution is -2.39. The van der Waals surface area contributed by atoms with Gasteiger partial charge in [0.15, 0.2) is 0 Å². The van der Waals surface area contributed by atoms with E-state index in [1.165, 1.54) is 12.3 Å². The van der Waals surface area contributed by atoms with Gasteiger partial charge in [0.1, 0.15) is 5.82 Å².